The summed E-state index contributed by atoms with van der Waals surface area (Å²) in [6.07, 6.45) is 2.86. The molecule has 0 spiro atoms. The summed E-state index contributed by atoms with van der Waals surface area (Å²) in [6, 6.07) is 3.82. The van der Waals surface area contributed by atoms with Crippen molar-refractivity contribution in [1.29, 1.82) is 0 Å². The van der Waals surface area contributed by atoms with Crippen LogP contribution in [0, 0.1) is 0 Å². The summed E-state index contributed by atoms with van der Waals surface area (Å²) in [6.45, 7) is 2.98. The average Bonchev–Trinajstić information content (AvgIpc) is 2.18. The van der Waals surface area contributed by atoms with Crippen molar-refractivity contribution in [3.8, 4) is 0 Å². The zero-order valence-electron chi connectivity index (χ0n) is 8.56. The van der Waals surface area contributed by atoms with E-state index < -0.39 is 0 Å². The largest absolute Gasteiger partial charge is 0.385 e. The van der Waals surface area contributed by atoms with E-state index in [0.29, 0.717) is 11.1 Å². The topological polar surface area (TPSA) is 48.1 Å². The highest BCUT2D eigenvalue weighted by molar-refractivity contribution is 7.99. The van der Waals surface area contributed by atoms with Gasteiger partial charge in [-0.1, -0.05) is 6.92 Å². The van der Waals surface area contributed by atoms with E-state index >= 15 is 0 Å². The molecule has 0 saturated heterocycles. The molecule has 3 nitrogen and oxygen atoms in total. The van der Waals surface area contributed by atoms with Crippen LogP contribution in [0.3, 0.4) is 0 Å². The van der Waals surface area contributed by atoms with Crippen LogP contribution in [0.1, 0.15) is 13.3 Å². The lowest BCUT2D eigenvalue weighted by Crippen LogP contribution is -2.01. The third-order valence-corrected chi connectivity index (χ3v) is 2.98. The van der Waals surface area contributed by atoms with E-state index in [4.69, 9.17) is 10.5 Å². The summed E-state index contributed by atoms with van der Waals surface area (Å²) in [5, 5.41) is 0.542. The van der Waals surface area contributed by atoms with Crippen molar-refractivity contribution in [1.82, 2.24) is 4.98 Å². The molecule has 4 heteroatoms. The van der Waals surface area contributed by atoms with Gasteiger partial charge in [0.2, 0.25) is 0 Å². The van der Waals surface area contributed by atoms with Crippen LogP contribution in [0.5, 0.6) is 0 Å². The number of pyridine rings is 1. The Labute approximate surface area is 89.1 Å². The maximum atomic E-state index is 5.50. The van der Waals surface area contributed by atoms with Gasteiger partial charge in [0, 0.05) is 30.1 Å². The smallest absolute Gasteiger partial charge is 0.123 e. The van der Waals surface area contributed by atoms with Gasteiger partial charge in [-0.05, 0) is 18.6 Å². The molecule has 2 N–H and O–H groups in total. The quantitative estimate of drug-likeness (QED) is 0.760. The standard InChI is InChI=1S/C10H16N2OS/c1-8(5-6-13-2)14-9-3-4-10(11)12-7-9/h3-4,7-8H,5-6H2,1-2H3,(H2,11,12). The van der Waals surface area contributed by atoms with Crippen molar-refractivity contribution in [2.75, 3.05) is 19.5 Å². The lowest BCUT2D eigenvalue weighted by Gasteiger charge is -2.09. The van der Waals surface area contributed by atoms with Gasteiger partial charge in [-0.3, -0.25) is 0 Å². The first-order valence-corrected chi connectivity index (χ1v) is 5.47. The fourth-order valence-corrected chi connectivity index (χ4v) is 1.98. The Kier molecular flexibility index (Phi) is 4.76. The van der Waals surface area contributed by atoms with Gasteiger partial charge in [0.1, 0.15) is 5.82 Å². The zero-order valence-corrected chi connectivity index (χ0v) is 9.38. The predicted octanol–water partition coefficient (Wildman–Crippen LogP) is 2.18. The Bertz CT molecular complexity index is 263. The highest BCUT2D eigenvalue weighted by Gasteiger charge is 2.03. The highest BCUT2D eigenvalue weighted by Crippen LogP contribution is 2.24. The molecule has 1 aromatic rings. The third-order valence-electron chi connectivity index (χ3n) is 1.82. The van der Waals surface area contributed by atoms with Crippen LogP contribution in [-0.4, -0.2) is 24.0 Å². The fourth-order valence-electron chi connectivity index (χ4n) is 1.04. The second-order valence-corrected chi connectivity index (χ2v) is 4.64. The maximum Gasteiger partial charge on any atom is 0.123 e. The molecule has 0 fully saturated rings. The minimum atomic E-state index is 0.542. The van der Waals surface area contributed by atoms with Crippen LogP contribution >= 0.6 is 11.8 Å². The third kappa shape index (κ3) is 3.98. The van der Waals surface area contributed by atoms with Crippen molar-refractivity contribution < 1.29 is 4.74 Å². The van der Waals surface area contributed by atoms with E-state index in [1.54, 1.807) is 18.9 Å². The fraction of sp³-hybridized carbons (Fsp3) is 0.500. The lowest BCUT2D eigenvalue weighted by atomic mass is 10.3. The van der Waals surface area contributed by atoms with E-state index in [2.05, 4.69) is 11.9 Å². The minimum absolute atomic E-state index is 0.542. The number of methoxy groups -OCH3 is 1. The van der Waals surface area contributed by atoms with Crippen LogP contribution in [-0.2, 0) is 4.74 Å². The molecule has 0 saturated carbocycles. The molecule has 0 aromatic carbocycles. The van der Waals surface area contributed by atoms with Crippen molar-refractivity contribution in [2.45, 2.75) is 23.5 Å². The summed E-state index contributed by atoms with van der Waals surface area (Å²) in [5.74, 6) is 0.568. The molecule has 1 unspecified atom stereocenters. The van der Waals surface area contributed by atoms with Crippen molar-refractivity contribution in [3.63, 3.8) is 0 Å². The number of nitrogens with two attached hydrogens (primary N) is 1. The molecular formula is C10H16N2OS. The summed E-state index contributed by atoms with van der Waals surface area (Å²) in [4.78, 5) is 5.19. The predicted molar refractivity (Wildman–Crippen MR) is 60.5 cm³/mol. The molecule has 0 aliphatic rings. The molecule has 78 valence electrons. The Balaban J connectivity index is 2.39. The van der Waals surface area contributed by atoms with Crippen LogP contribution in [0.25, 0.3) is 0 Å². The summed E-state index contributed by atoms with van der Waals surface area (Å²) >= 11 is 1.79. The van der Waals surface area contributed by atoms with Crippen LogP contribution in [0.4, 0.5) is 5.82 Å². The number of nitrogens with zero attached hydrogens (tertiary/aromatic N) is 1. The number of aromatic nitrogens is 1. The van der Waals surface area contributed by atoms with E-state index in [9.17, 15) is 0 Å². The summed E-state index contributed by atoms with van der Waals surface area (Å²) < 4.78 is 5.02. The molecule has 1 atom stereocenters. The monoisotopic (exact) mass is 212 g/mol. The number of anilines is 1. The first kappa shape index (κ1) is 11.3. The Morgan fingerprint density at radius 3 is 2.93 bits per heavy atom. The molecular weight excluding hydrogens is 196 g/mol. The minimum Gasteiger partial charge on any atom is -0.385 e. The second-order valence-electron chi connectivity index (χ2n) is 3.13. The molecule has 0 aliphatic heterocycles. The zero-order chi connectivity index (χ0) is 10.4. The number of hydrogen-bond acceptors (Lipinski definition) is 4. The molecule has 1 rings (SSSR count). The van der Waals surface area contributed by atoms with Gasteiger partial charge in [0.15, 0.2) is 0 Å². The van der Waals surface area contributed by atoms with E-state index in [1.807, 2.05) is 18.3 Å². The van der Waals surface area contributed by atoms with Gasteiger partial charge in [-0.25, -0.2) is 4.98 Å². The molecule has 0 amide bonds. The van der Waals surface area contributed by atoms with E-state index in [-0.39, 0.29) is 0 Å². The molecule has 1 aromatic heterocycles. The second kappa shape index (κ2) is 5.88. The van der Waals surface area contributed by atoms with Gasteiger partial charge in [-0.2, -0.15) is 0 Å². The average molecular weight is 212 g/mol. The lowest BCUT2D eigenvalue weighted by molar-refractivity contribution is 0.195. The first-order valence-electron chi connectivity index (χ1n) is 4.59. The van der Waals surface area contributed by atoms with Crippen LogP contribution in [0.2, 0.25) is 0 Å². The normalized spacial score (nSPS) is 12.7. The van der Waals surface area contributed by atoms with Gasteiger partial charge in [-0.15, -0.1) is 11.8 Å². The Morgan fingerprint density at radius 1 is 1.57 bits per heavy atom. The molecule has 0 aliphatic carbocycles. The summed E-state index contributed by atoms with van der Waals surface area (Å²) in [5.41, 5.74) is 5.50. The molecule has 0 radical (unpaired) electrons. The van der Waals surface area contributed by atoms with Gasteiger partial charge >= 0.3 is 0 Å². The molecule has 1 heterocycles. The van der Waals surface area contributed by atoms with Crippen LogP contribution in [0.15, 0.2) is 23.2 Å². The summed E-state index contributed by atoms with van der Waals surface area (Å²) in [7, 11) is 1.72. The number of nitrogen functional groups attached to an aromatic ring is 1. The van der Waals surface area contributed by atoms with Gasteiger partial charge < -0.3 is 10.5 Å². The van der Waals surface area contributed by atoms with Crippen molar-refractivity contribution in [3.05, 3.63) is 18.3 Å². The highest BCUT2D eigenvalue weighted by atomic mass is 32.2. The van der Waals surface area contributed by atoms with Gasteiger partial charge in [0.25, 0.3) is 0 Å². The number of ether oxygens (including phenoxy) is 1. The van der Waals surface area contributed by atoms with Crippen LogP contribution < -0.4 is 5.73 Å². The van der Waals surface area contributed by atoms with Gasteiger partial charge in [0.05, 0.1) is 0 Å². The Morgan fingerprint density at radius 2 is 2.36 bits per heavy atom. The molecule has 0 bridgehead atoms. The van der Waals surface area contributed by atoms with E-state index in [1.165, 1.54) is 0 Å². The van der Waals surface area contributed by atoms with Crippen molar-refractivity contribution >= 4 is 17.6 Å². The van der Waals surface area contributed by atoms with Crippen molar-refractivity contribution in [2.24, 2.45) is 0 Å². The van der Waals surface area contributed by atoms with E-state index in [0.717, 1.165) is 17.9 Å². The first-order chi connectivity index (χ1) is 6.72. The molecule has 14 heavy (non-hydrogen) atoms. The Hall–Kier alpha value is -0.740. The number of rotatable bonds is 5. The maximum absolute atomic E-state index is 5.50. The number of hydrogen-bond donors (Lipinski definition) is 1. The SMILES string of the molecule is COCCC(C)Sc1ccc(N)nc1. The number of thioether (sulfide) groups is 1.